The van der Waals surface area contributed by atoms with Crippen molar-refractivity contribution in [1.29, 1.82) is 0 Å². The summed E-state index contributed by atoms with van der Waals surface area (Å²) in [6.45, 7) is 3.88. The highest BCUT2D eigenvalue weighted by atomic mass is 16.5. The van der Waals surface area contributed by atoms with Gasteiger partial charge < -0.3 is 9.15 Å². The number of carbonyl (C=O) groups is 1. The summed E-state index contributed by atoms with van der Waals surface area (Å²) >= 11 is 0. The second kappa shape index (κ2) is 5.44. The van der Waals surface area contributed by atoms with E-state index >= 15 is 0 Å². The molecule has 0 spiro atoms. The van der Waals surface area contributed by atoms with Crippen LogP contribution in [0.3, 0.4) is 0 Å². The third-order valence-electron chi connectivity index (χ3n) is 3.22. The van der Waals surface area contributed by atoms with Gasteiger partial charge in [0.2, 0.25) is 5.78 Å². The molecule has 0 atom stereocenters. The van der Waals surface area contributed by atoms with Gasteiger partial charge >= 0.3 is 0 Å². The Morgan fingerprint density at radius 3 is 2.52 bits per heavy atom. The molecule has 3 aromatic rings. The van der Waals surface area contributed by atoms with Crippen LogP contribution in [0.1, 0.15) is 29.8 Å². The number of hydrogen-bond donors (Lipinski definition) is 0. The first-order valence-corrected chi connectivity index (χ1v) is 6.93. The molecule has 106 valence electrons. The van der Waals surface area contributed by atoms with E-state index in [1.54, 1.807) is 6.07 Å². The largest absolute Gasteiger partial charge is 0.490 e. The second-order valence-electron chi connectivity index (χ2n) is 5.14. The smallest absolute Gasteiger partial charge is 0.200 e. The Kier molecular flexibility index (Phi) is 3.48. The van der Waals surface area contributed by atoms with Crippen molar-refractivity contribution in [2.24, 2.45) is 0 Å². The summed E-state index contributed by atoms with van der Waals surface area (Å²) in [6.07, 6.45) is 1.53. The van der Waals surface area contributed by atoms with E-state index in [9.17, 15) is 4.79 Å². The molecule has 0 unspecified atom stereocenters. The monoisotopic (exact) mass is 280 g/mol. The third kappa shape index (κ3) is 2.55. The van der Waals surface area contributed by atoms with Crippen molar-refractivity contribution in [3.63, 3.8) is 0 Å². The number of carbonyl (C=O) groups excluding carboxylic acids is 1. The predicted molar refractivity (Wildman–Crippen MR) is 81.9 cm³/mol. The maximum atomic E-state index is 12.8. The fourth-order valence-corrected chi connectivity index (χ4v) is 2.31. The molecule has 0 bridgehead atoms. The Labute approximate surface area is 123 Å². The summed E-state index contributed by atoms with van der Waals surface area (Å²) < 4.78 is 11.2. The van der Waals surface area contributed by atoms with Gasteiger partial charge in [0.25, 0.3) is 0 Å². The first-order valence-electron chi connectivity index (χ1n) is 6.93. The lowest BCUT2D eigenvalue weighted by Gasteiger charge is -2.13. The summed E-state index contributed by atoms with van der Waals surface area (Å²) in [5, 5.41) is 0.821. The van der Waals surface area contributed by atoms with Crippen molar-refractivity contribution in [3.8, 4) is 5.75 Å². The minimum atomic E-state index is -0.0869. The molecule has 0 aliphatic heterocycles. The van der Waals surface area contributed by atoms with Crippen LogP contribution in [-0.2, 0) is 0 Å². The quantitative estimate of drug-likeness (QED) is 0.663. The first kappa shape index (κ1) is 13.4. The van der Waals surface area contributed by atoms with Gasteiger partial charge in [-0.05, 0) is 32.0 Å². The summed E-state index contributed by atoms with van der Waals surface area (Å²) in [6, 6.07) is 14.8. The molecule has 0 amide bonds. The van der Waals surface area contributed by atoms with Crippen LogP contribution in [0.15, 0.2) is 59.2 Å². The Balaban J connectivity index is 2.06. The highest BCUT2D eigenvalue weighted by Crippen LogP contribution is 2.27. The molecule has 3 heteroatoms. The van der Waals surface area contributed by atoms with E-state index in [0.29, 0.717) is 22.5 Å². The zero-order valence-corrected chi connectivity index (χ0v) is 12.0. The van der Waals surface area contributed by atoms with Crippen LogP contribution in [0.25, 0.3) is 11.0 Å². The van der Waals surface area contributed by atoms with Crippen molar-refractivity contribution in [2.45, 2.75) is 20.0 Å². The van der Waals surface area contributed by atoms with Crippen LogP contribution in [0, 0.1) is 0 Å². The predicted octanol–water partition coefficient (Wildman–Crippen LogP) is 4.45. The van der Waals surface area contributed by atoms with Crippen molar-refractivity contribution >= 4 is 16.8 Å². The molecule has 0 aliphatic rings. The standard InChI is InChI=1S/C18H16O3/c1-12(2)21-17-10-6-4-8-14(17)18(19)15-11-20-16-9-5-3-7-13(15)16/h3-12H,1-2H3. The van der Waals surface area contributed by atoms with Gasteiger partial charge in [0.05, 0.1) is 17.2 Å². The summed E-state index contributed by atoms with van der Waals surface area (Å²) in [5.74, 6) is 0.513. The van der Waals surface area contributed by atoms with Crippen LogP contribution < -0.4 is 4.74 Å². The SMILES string of the molecule is CC(C)Oc1ccccc1C(=O)c1coc2ccccc12. The molecule has 0 fully saturated rings. The Bertz CT molecular complexity index is 784. The van der Waals surface area contributed by atoms with Gasteiger partial charge in [0.15, 0.2) is 0 Å². The number of furan rings is 1. The molecule has 1 heterocycles. The molecule has 0 saturated carbocycles. The third-order valence-corrected chi connectivity index (χ3v) is 3.22. The van der Waals surface area contributed by atoms with Gasteiger partial charge in [0, 0.05) is 5.39 Å². The highest BCUT2D eigenvalue weighted by Gasteiger charge is 2.19. The van der Waals surface area contributed by atoms with Crippen LogP contribution >= 0.6 is 0 Å². The van der Waals surface area contributed by atoms with Crippen molar-refractivity contribution < 1.29 is 13.9 Å². The lowest BCUT2D eigenvalue weighted by molar-refractivity contribution is 0.103. The van der Waals surface area contributed by atoms with E-state index in [-0.39, 0.29) is 11.9 Å². The van der Waals surface area contributed by atoms with Crippen molar-refractivity contribution in [1.82, 2.24) is 0 Å². The highest BCUT2D eigenvalue weighted by molar-refractivity contribution is 6.17. The van der Waals surface area contributed by atoms with Gasteiger partial charge in [-0.1, -0.05) is 30.3 Å². The average molecular weight is 280 g/mol. The maximum Gasteiger partial charge on any atom is 0.200 e. The molecule has 0 N–H and O–H groups in total. The van der Waals surface area contributed by atoms with Gasteiger partial charge in [-0.2, -0.15) is 0 Å². The topological polar surface area (TPSA) is 39.4 Å². The summed E-state index contributed by atoms with van der Waals surface area (Å²) in [7, 11) is 0. The van der Waals surface area contributed by atoms with Crippen LogP contribution in [-0.4, -0.2) is 11.9 Å². The van der Waals surface area contributed by atoms with Crippen molar-refractivity contribution in [2.75, 3.05) is 0 Å². The second-order valence-corrected chi connectivity index (χ2v) is 5.14. The molecule has 3 nitrogen and oxygen atoms in total. The zero-order valence-electron chi connectivity index (χ0n) is 12.0. The molecule has 0 aliphatic carbocycles. The molecule has 0 radical (unpaired) electrons. The van der Waals surface area contributed by atoms with Crippen LogP contribution in [0.2, 0.25) is 0 Å². The minimum absolute atomic E-state index is 0.0139. The molecule has 3 rings (SSSR count). The van der Waals surface area contributed by atoms with Crippen molar-refractivity contribution in [3.05, 3.63) is 65.9 Å². The zero-order chi connectivity index (χ0) is 14.8. The first-order chi connectivity index (χ1) is 10.2. The Morgan fingerprint density at radius 2 is 1.71 bits per heavy atom. The molecular formula is C18H16O3. The lowest BCUT2D eigenvalue weighted by Crippen LogP contribution is -2.10. The summed E-state index contributed by atoms with van der Waals surface area (Å²) in [4.78, 5) is 12.8. The van der Waals surface area contributed by atoms with E-state index in [0.717, 1.165) is 5.39 Å². The van der Waals surface area contributed by atoms with Gasteiger partial charge in [-0.25, -0.2) is 0 Å². The van der Waals surface area contributed by atoms with Gasteiger partial charge in [-0.15, -0.1) is 0 Å². The summed E-state index contributed by atoms with van der Waals surface area (Å²) in [5.41, 5.74) is 1.83. The van der Waals surface area contributed by atoms with Crippen LogP contribution in [0.4, 0.5) is 0 Å². The van der Waals surface area contributed by atoms with E-state index in [2.05, 4.69) is 0 Å². The lowest BCUT2D eigenvalue weighted by atomic mass is 10.0. The van der Waals surface area contributed by atoms with E-state index in [1.165, 1.54) is 6.26 Å². The fourth-order valence-electron chi connectivity index (χ4n) is 2.31. The molecule has 21 heavy (non-hydrogen) atoms. The van der Waals surface area contributed by atoms with Gasteiger partial charge in [-0.3, -0.25) is 4.79 Å². The van der Waals surface area contributed by atoms with Crippen LogP contribution in [0.5, 0.6) is 5.75 Å². The minimum Gasteiger partial charge on any atom is -0.490 e. The van der Waals surface area contributed by atoms with E-state index in [1.807, 2.05) is 56.3 Å². The molecule has 1 aromatic heterocycles. The number of fused-ring (bicyclic) bond motifs is 1. The van der Waals surface area contributed by atoms with E-state index < -0.39 is 0 Å². The maximum absolute atomic E-state index is 12.8. The number of hydrogen-bond acceptors (Lipinski definition) is 3. The number of ether oxygens (including phenoxy) is 1. The Hall–Kier alpha value is -2.55. The number of para-hydroxylation sites is 2. The average Bonchev–Trinajstić information content (AvgIpc) is 2.90. The Morgan fingerprint density at radius 1 is 1.00 bits per heavy atom. The molecule has 0 saturated heterocycles. The number of rotatable bonds is 4. The fraction of sp³-hybridized carbons (Fsp3) is 0.167. The molecular weight excluding hydrogens is 264 g/mol. The van der Waals surface area contributed by atoms with Gasteiger partial charge in [0.1, 0.15) is 17.6 Å². The number of benzene rings is 2. The molecule has 2 aromatic carbocycles. The normalized spacial score (nSPS) is 11.0. The van der Waals surface area contributed by atoms with E-state index in [4.69, 9.17) is 9.15 Å². The number of ketones is 1.